The second-order valence-corrected chi connectivity index (χ2v) is 4.46. The minimum Gasteiger partial charge on any atom is -0.497 e. The van der Waals surface area contributed by atoms with Gasteiger partial charge in [0.25, 0.3) is 0 Å². The van der Waals surface area contributed by atoms with Gasteiger partial charge in [-0.05, 0) is 36.2 Å². The number of carbonyl (C=O) groups excluding carboxylic acids is 1. The molecular weight excluding hydrogens is 266 g/mol. The molecule has 1 heterocycles. The molecule has 1 N–H and O–H groups in total. The largest absolute Gasteiger partial charge is 0.497 e. The van der Waals surface area contributed by atoms with E-state index in [1.165, 1.54) is 0 Å². The Morgan fingerprint density at radius 1 is 1.38 bits per heavy atom. The number of amides is 1. The van der Waals surface area contributed by atoms with E-state index in [1.54, 1.807) is 55.9 Å². The number of hydrogen-bond acceptors (Lipinski definition) is 4. The molecule has 2 aromatic rings. The van der Waals surface area contributed by atoms with Crippen molar-refractivity contribution in [1.29, 1.82) is 5.26 Å². The molecule has 0 radical (unpaired) electrons. The number of benzene rings is 1. The summed E-state index contributed by atoms with van der Waals surface area (Å²) < 4.78 is 5.10. The zero-order valence-electron chi connectivity index (χ0n) is 11.6. The van der Waals surface area contributed by atoms with E-state index in [-0.39, 0.29) is 5.91 Å². The van der Waals surface area contributed by atoms with Crippen molar-refractivity contribution in [3.63, 3.8) is 0 Å². The first-order valence-corrected chi connectivity index (χ1v) is 6.46. The molecule has 2 rings (SSSR count). The van der Waals surface area contributed by atoms with Crippen molar-refractivity contribution in [3.05, 3.63) is 54.4 Å². The van der Waals surface area contributed by atoms with Gasteiger partial charge in [-0.15, -0.1) is 0 Å². The second-order valence-electron chi connectivity index (χ2n) is 4.46. The zero-order chi connectivity index (χ0) is 15.1. The summed E-state index contributed by atoms with van der Waals surface area (Å²) in [5, 5.41) is 11.9. The van der Waals surface area contributed by atoms with Crippen LogP contribution in [0.5, 0.6) is 5.75 Å². The summed E-state index contributed by atoms with van der Waals surface area (Å²) in [6.07, 6.45) is 3.64. The Morgan fingerprint density at radius 2 is 2.14 bits per heavy atom. The number of carbonyl (C=O) groups is 1. The van der Waals surface area contributed by atoms with E-state index in [9.17, 15) is 10.1 Å². The maximum atomic E-state index is 12.2. The van der Waals surface area contributed by atoms with Crippen LogP contribution < -0.4 is 10.1 Å². The molecule has 1 aromatic heterocycles. The van der Waals surface area contributed by atoms with E-state index < -0.39 is 5.92 Å². The highest BCUT2D eigenvalue weighted by Crippen LogP contribution is 2.18. The van der Waals surface area contributed by atoms with Crippen molar-refractivity contribution < 1.29 is 9.53 Å². The Hall–Kier alpha value is -2.87. The van der Waals surface area contributed by atoms with E-state index in [4.69, 9.17) is 4.74 Å². The highest BCUT2D eigenvalue weighted by Gasteiger charge is 2.18. The van der Waals surface area contributed by atoms with E-state index in [0.29, 0.717) is 17.9 Å². The lowest BCUT2D eigenvalue weighted by atomic mass is 10.0. The van der Waals surface area contributed by atoms with Gasteiger partial charge in [-0.3, -0.25) is 9.78 Å². The van der Waals surface area contributed by atoms with Crippen molar-refractivity contribution in [3.8, 4) is 11.8 Å². The third-order valence-corrected chi connectivity index (χ3v) is 3.00. The molecule has 0 spiro atoms. The van der Waals surface area contributed by atoms with Crippen molar-refractivity contribution in [2.24, 2.45) is 5.92 Å². The summed E-state index contributed by atoms with van der Waals surface area (Å²) >= 11 is 0. The maximum absolute atomic E-state index is 12.2. The summed E-state index contributed by atoms with van der Waals surface area (Å²) in [4.78, 5) is 16.1. The Labute approximate surface area is 123 Å². The van der Waals surface area contributed by atoms with E-state index in [0.717, 1.165) is 5.56 Å². The molecule has 0 bridgehead atoms. The minimum absolute atomic E-state index is 0.331. The van der Waals surface area contributed by atoms with Crippen LogP contribution >= 0.6 is 0 Å². The zero-order valence-corrected chi connectivity index (χ0v) is 11.6. The van der Waals surface area contributed by atoms with Gasteiger partial charge in [0.2, 0.25) is 5.91 Å². The number of nitrogens with zero attached hydrogens (tertiary/aromatic N) is 2. The summed E-state index contributed by atoms with van der Waals surface area (Å²) in [6, 6.07) is 12.6. The van der Waals surface area contributed by atoms with Gasteiger partial charge in [0.1, 0.15) is 11.7 Å². The molecule has 21 heavy (non-hydrogen) atoms. The molecule has 1 atom stereocenters. The number of nitriles is 1. The Kier molecular flexibility index (Phi) is 4.89. The molecule has 1 aromatic carbocycles. The highest BCUT2D eigenvalue weighted by molar-refractivity contribution is 5.94. The van der Waals surface area contributed by atoms with Crippen LogP contribution in [0, 0.1) is 17.2 Å². The monoisotopic (exact) mass is 281 g/mol. The summed E-state index contributed by atoms with van der Waals surface area (Å²) in [5.41, 5.74) is 1.51. The fraction of sp³-hybridized carbons (Fsp3) is 0.188. The summed E-state index contributed by atoms with van der Waals surface area (Å²) in [7, 11) is 1.56. The number of methoxy groups -OCH3 is 1. The number of rotatable bonds is 5. The molecule has 0 aliphatic carbocycles. The third kappa shape index (κ3) is 4.05. The lowest BCUT2D eigenvalue weighted by molar-refractivity contribution is -0.118. The minimum atomic E-state index is -0.751. The lowest BCUT2D eigenvalue weighted by Gasteiger charge is -2.11. The second kappa shape index (κ2) is 7.06. The first-order chi connectivity index (χ1) is 10.2. The van der Waals surface area contributed by atoms with Crippen molar-refractivity contribution in [1.82, 2.24) is 4.98 Å². The molecule has 0 aliphatic rings. The van der Waals surface area contributed by atoms with Crippen molar-refractivity contribution >= 4 is 11.6 Å². The van der Waals surface area contributed by atoms with Gasteiger partial charge in [0.05, 0.1) is 13.2 Å². The van der Waals surface area contributed by atoms with Crippen LogP contribution in [0.4, 0.5) is 5.69 Å². The molecule has 0 unspecified atom stereocenters. The first kappa shape index (κ1) is 14.5. The van der Waals surface area contributed by atoms with Crippen LogP contribution in [0.15, 0.2) is 48.8 Å². The molecule has 106 valence electrons. The number of ether oxygens (including phenoxy) is 1. The number of anilines is 1. The molecule has 1 amide bonds. The highest BCUT2D eigenvalue weighted by atomic mass is 16.5. The van der Waals surface area contributed by atoms with E-state index in [1.807, 2.05) is 6.07 Å². The average Bonchev–Trinajstić information content (AvgIpc) is 2.53. The van der Waals surface area contributed by atoms with Crippen LogP contribution in [0.2, 0.25) is 0 Å². The predicted molar refractivity (Wildman–Crippen MR) is 78.7 cm³/mol. The van der Waals surface area contributed by atoms with Crippen LogP contribution in [-0.4, -0.2) is 18.0 Å². The summed E-state index contributed by atoms with van der Waals surface area (Å²) in [5.74, 6) is -0.434. The molecule has 0 saturated carbocycles. The number of nitrogens with one attached hydrogen (secondary N) is 1. The Morgan fingerprint density at radius 3 is 2.81 bits per heavy atom. The van der Waals surface area contributed by atoms with E-state index in [2.05, 4.69) is 10.3 Å². The van der Waals surface area contributed by atoms with Crippen LogP contribution in [0.25, 0.3) is 0 Å². The smallest absolute Gasteiger partial charge is 0.242 e. The summed E-state index contributed by atoms with van der Waals surface area (Å²) in [6.45, 7) is 0. The average molecular weight is 281 g/mol. The lowest BCUT2D eigenvalue weighted by Crippen LogP contribution is -2.23. The van der Waals surface area contributed by atoms with Gasteiger partial charge in [-0.1, -0.05) is 6.07 Å². The van der Waals surface area contributed by atoms with Gasteiger partial charge in [0, 0.05) is 24.1 Å². The van der Waals surface area contributed by atoms with Crippen LogP contribution in [-0.2, 0) is 11.2 Å². The van der Waals surface area contributed by atoms with Crippen LogP contribution in [0.1, 0.15) is 5.56 Å². The third-order valence-electron chi connectivity index (χ3n) is 3.00. The van der Waals surface area contributed by atoms with Gasteiger partial charge >= 0.3 is 0 Å². The number of hydrogen-bond donors (Lipinski definition) is 1. The van der Waals surface area contributed by atoms with Gasteiger partial charge in [-0.2, -0.15) is 5.26 Å². The molecular formula is C16H15N3O2. The van der Waals surface area contributed by atoms with Gasteiger partial charge in [-0.25, -0.2) is 0 Å². The Balaban J connectivity index is 2.05. The van der Waals surface area contributed by atoms with E-state index >= 15 is 0 Å². The first-order valence-electron chi connectivity index (χ1n) is 6.46. The fourth-order valence-electron chi connectivity index (χ4n) is 1.88. The predicted octanol–water partition coefficient (Wildman–Crippen LogP) is 2.41. The quantitative estimate of drug-likeness (QED) is 0.913. The van der Waals surface area contributed by atoms with Gasteiger partial charge < -0.3 is 10.1 Å². The van der Waals surface area contributed by atoms with Gasteiger partial charge in [0.15, 0.2) is 0 Å². The fourth-order valence-corrected chi connectivity index (χ4v) is 1.88. The molecule has 5 nitrogen and oxygen atoms in total. The molecule has 5 heteroatoms. The van der Waals surface area contributed by atoms with Crippen molar-refractivity contribution in [2.75, 3.05) is 12.4 Å². The topological polar surface area (TPSA) is 75.0 Å². The standard InChI is InChI=1S/C16H15N3O2/c1-21-15-4-2-3-14(10-15)19-16(20)13(11-17)9-12-5-7-18-8-6-12/h2-8,10,13H,9H2,1H3,(H,19,20)/t13-/m0/s1. The van der Waals surface area contributed by atoms with Crippen LogP contribution in [0.3, 0.4) is 0 Å². The van der Waals surface area contributed by atoms with Crippen molar-refractivity contribution in [2.45, 2.75) is 6.42 Å². The Bertz CT molecular complexity index is 650. The maximum Gasteiger partial charge on any atom is 0.242 e. The molecule has 0 fully saturated rings. The number of aromatic nitrogens is 1. The molecule has 0 aliphatic heterocycles. The normalized spacial score (nSPS) is 11.2. The molecule has 0 saturated heterocycles. The number of pyridine rings is 1. The SMILES string of the molecule is COc1cccc(NC(=O)[C@H](C#N)Cc2ccncc2)c1.